The second kappa shape index (κ2) is 4.98. The third-order valence-corrected chi connectivity index (χ3v) is 2.82. The number of aryl methyl sites for hydroxylation is 1. The van der Waals surface area contributed by atoms with Crippen LogP contribution >= 0.6 is 0 Å². The Hall–Kier alpha value is -1.20. The van der Waals surface area contributed by atoms with E-state index in [1.165, 1.54) is 6.07 Å². The zero-order chi connectivity index (χ0) is 12.4. The zero-order valence-corrected chi connectivity index (χ0v) is 9.54. The molecule has 1 aromatic rings. The van der Waals surface area contributed by atoms with E-state index in [9.17, 15) is 13.9 Å². The second-order valence-electron chi connectivity index (χ2n) is 4.16. The summed E-state index contributed by atoms with van der Waals surface area (Å²) in [6.45, 7) is 3.51. The summed E-state index contributed by atoms with van der Waals surface area (Å²) in [6, 6.07) is 3.00. The molecule has 1 fully saturated rings. The normalized spacial score (nSPS) is 20.8. The molecule has 3 nitrogen and oxygen atoms in total. The van der Waals surface area contributed by atoms with E-state index in [0.717, 1.165) is 6.54 Å². The Morgan fingerprint density at radius 2 is 2.24 bits per heavy atom. The van der Waals surface area contributed by atoms with Crippen molar-refractivity contribution in [1.29, 1.82) is 0 Å². The number of aromatic hydroxyl groups is 1. The number of hydrogen-bond donors (Lipinski definition) is 2. The summed E-state index contributed by atoms with van der Waals surface area (Å²) in [4.78, 5) is 0. The van der Waals surface area contributed by atoms with E-state index in [2.05, 4.69) is 5.32 Å². The zero-order valence-electron chi connectivity index (χ0n) is 9.54. The third kappa shape index (κ3) is 2.56. The Morgan fingerprint density at radius 1 is 1.47 bits per heavy atom. The van der Waals surface area contributed by atoms with Gasteiger partial charge in [-0.3, -0.25) is 0 Å². The van der Waals surface area contributed by atoms with Gasteiger partial charge in [0, 0.05) is 18.7 Å². The first-order valence-electron chi connectivity index (χ1n) is 5.53. The van der Waals surface area contributed by atoms with Crippen LogP contribution in [0.1, 0.15) is 29.2 Å². The first-order chi connectivity index (χ1) is 8.09. The third-order valence-electron chi connectivity index (χ3n) is 2.82. The van der Waals surface area contributed by atoms with Crippen LogP contribution < -0.4 is 5.32 Å². The molecule has 2 N–H and O–H groups in total. The van der Waals surface area contributed by atoms with E-state index in [0.29, 0.717) is 24.3 Å². The SMILES string of the molecule is Cc1cc(C(F)F)c(O)c(C2CNCCO2)c1. The molecule has 1 heterocycles. The van der Waals surface area contributed by atoms with Crippen molar-refractivity contribution in [3.8, 4) is 5.75 Å². The molecule has 0 spiro atoms. The van der Waals surface area contributed by atoms with Crippen LogP contribution in [0.25, 0.3) is 0 Å². The molecule has 0 amide bonds. The van der Waals surface area contributed by atoms with E-state index in [4.69, 9.17) is 4.74 Å². The molecule has 0 saturated carbocycles. The number of ether oxygens (including phenoxy) is 1. The van der Waals surface area contributed by atoms with Crippen molar-refractivity contribution in [1.82, 2.24) is 5.32 Å². The molecule has 0 aliphatic carbocycles. The largest absolute Gasteiger partial charge is 0.507 e. The van der Waals surface area contributed by atoms with Gasteiger partial charge in [0.2, 0.25) is 0 Å². The fourth-order valence-electron chi connectivity index (χ4n) is 2.01. The molecule has 0 radical (unpaired) electrons. The minimum Gasteiger partial charge on any atom is -0.507 e. The summed E-state index contributed by atoms with van der Waals surface area (Å²) in [7, 11) is 0. The number of alkyl halides is 2. The van der Waals surface area contributed by atoms with Gasteiger partial charge in [-0.2, -0.15) is 0 Å². The van der Waals surface area contributed by atoms with Gasteiger partial charge in [0.25, 0.3) is 6.43 Å². The van der Waals surface area contributed by atoms with E-state index < -0.39 is 6.43 Å². The highest BCUT2D eigenvalue weighted by Crippen LogP contribution is 2.36. The topological polar surface area (TPSA) is 41.5 Å². The van der Waals surface area contributed by atoms with Crippen LogP contribution in [-0.2, 0) is 4.74 Å². The average Bonchev–Trinajstić information content (AvgIpc) is 2.32. The van der Waals surface area contributed by atoms with Crippen LogP contribution in [0.2, 0.25) is 0 Å². The van der Waals surface area contributed by atoms with Crippen LogP contribution in [0, 0.1) is 6.92 Å². The number of phenols is 1. The van der Waals surface area contributed by atoms with Gasteiger partial charge in [-0.25, -0.2) is 8.78 Å². The summed E-state index contributed by atoms with van der Waals surface area (Å²) in [5, 5.41) is 13.0. The highest BCUT2D eigenvalue weighted by atomic mass is 19.3. The summed E-state index contributed by atoms with van der Waals surface area (Å²) in [5.41, 5.74) is 0.809. The lowest BCUT2D eigenvalue weighted by atomic mass is 10.00. The quantitative estimate of drug-likeness (QED) is 0.837. The van der Waals surface area contributed by atoms with Crippen LogP contribution in [-0.4, -0.2) is 24.8 Å². The van der Waals surface area contributed by atoms with Gasteiger partial charge < -0.3 is 15.2 Å². The second-order valence-corrected chi connectivity index (χ2v) is 4.16. The predicted octanol–water partition coefficient (Wildman–Crippen LogP) is 2.30. The highest BCUT2D eigenvalue weighted by molar-refractivity contribution is 5.45. The van der Waals surface area contributed by atoms with Gasteiger partial charge in [-0.05, 0) is 19.1 Å². The number of benzene rings is 1. The molecule has 17 heavy (non-hydrogen) atoms. The number of phenolic OH excluding ortho intramolecular Hbond substituents is 1. The minimum absolute atomic E-state index is 0.325. The van der Waals surface area contributed by atoms with Crippen molar-refractivity contribution < 1.29 is 18.6 Å². The Labute approximate surface area is 98.4 Å². The molecule has 94 valence electrons. The Kier molecular flexibility index (Phi) is 3.59. The number of nitrogens with one attached hydrogen (secondary N) is 1. The van der Waals surface area contributed by atoms with E-state index in [-0.39, 0.29) is 17.4 Å². The minimum atomic E-state index is -2.68. The Bertz CT molecular complexity index is 404. The lowest BCUT2D eigenvalue weighted by Crippen LogP contribution is -2.33. The monoisotopic (exact) mass is 243 g/mol. The van der Waals surface area contributed by atoms with Crippen LogP contribution in [0.15, 0.2) is 12.1 Å². The standard InChI is InChI=1S/C12H15F2NO2/c1-7-4-8(10-6-15-2-3-17-10)11(16)9(5-7)12(13)14/h4-5,10,12,15-16H,2-3,6H2,1H3. The van der Waals surface area contributed by atoms with Gasteiger partial charge in [0.1, 0.15) is 5.75 Å². The van der Waals surface area contributed by atoms with Gasteiger partial charge >= 0.3 is 0 Å². The van der Waals surface area contributed by atoms with E-state index in [1.54, 1.807) is 13.0 Å². The average molecular weight is 243 g/mol. The number of hydrogen-bond acceptors (Lipinski definition) is 3. The maximum absolute atomic E-state index is 12.7. The lowest BCUT2D eigenvalue weighted by Gasteiger charge is -2.25. The van der Waals surface area contributed by atoms with Gasteiger partial charge in [-0.1, -0.05) is 5.56 Å². The molecule has 1 aliphatic rings. The number of halogens is 2. The first-order valence-corrected chi connectivity index (χ1v) is 5.53. The summed E-state index contributed by atoms with van der Waals surface area (Å²) in [5.74, 6) is -0.348. The van der Waals surface area contributed by atoms with Gasteiger partial charge in [0.05, 0.1) is 18.3 Å². The maximum atomic E-state index is 12.7. The van der Waals surface area contributed by atoms with Crippen LogP contribution in [0.3, 0.4) is 0 Å². The van der Waals surface area contributed by atoms with Crippen molar-refractivity contribution in [2.45, 2.75) is 19.5 Å². The molecule has 1 aliphatic heterocycles. The van der Waals surface area contributed by atoms with Crippen molar-refractivity contribution in [3.63, 3.8) is 0 Å². The summed E-state index contributed by atoms with van der Waals surface area (Å²) < 4.78 is 30.9. The van der Waals surface area contributed by atoms with Gasteiger partial charge in [-0.15, -0.1) is 0 Å². The molecule has 1 atom stereocenters. The van der Waals surface area contributed by atoms with Gasteiger partial charge in [0.15, 0.2) is 0 Å². The summed E-state index contributed by atoms with van der Waals surface area (Å²) in [6.07, 6.45) is -3.04. The molecular formula is C12H15F2NO2. The molecular weight excluding hydrogens is 228 g/mol. The lowest BCUT2D eigenvalue weighted by molar-refractivity contribution is 0.0259. The molecule has 0 aromatic heterocycles. The maximum Gasteiger partial charge on any atom is 0.267 e. The molecule has 0 bridgehead atoms. The fraction of sp³-hybridized carbons (Fsp3) is 0.500. The van der Waals surface area contributed by atoms with Crippen LogP contribution in [0.5, 0.6) is 5.75 Å². The van der Waals surface area contributed by atoms with Crippen LogP contribution in [0.4, 0.5) is 8.78 Å². The smallest absolute Gasteiger partial charge is 0.267 e. The number of rotatable bonds is 2. The van der Waals surface area contributed by atoms with Crippen molar-refractivity contribution in [2.24, 2.45) is 0 Å². The Balaban J connectivity index is 2.38. The molecule has 1 saturated heterocycles. The highest BCUT2D eigenvalue weighted by Gasteiger charge is 2.24. The first kappa shape index (κ1) is 12.3. The van der Waals surface area contributed by atoms with E-state index in [1.807, 2.05) is 0 Å². The predicted molar refractivity (Wildman–Crippen MR) is 59.4 cm³/mol. The van der Waals surface area contributed by atoms with Crippen molar-refractivity contribution >= 4 is 0 Å². The number of morpholine rings is 1. The molecule has 5 heteroatoms. The Morgan fingerprint density at radius 3 is 2.82 bits per heavy atom. The molecule has 1 unspecified atom stereocenters. The van der Waals surface area contributed by atoms with E-state index >= 15 is 0 Å². The summed E-state index contributed by atoms with van der Waals surface area (Å²) >= 11 is 0. The van der Waals surface area contributed by atoms with Crippen molar-refractivity contribution in [3.05, 3.63) is 28.8 Å². The fourth-order valence-corrected chi connectivity index (χ4v) is 2.01. The molecule has 1 aromatic carbocycles. The van der Waals surface area contributed by atoms with Crippen molar-refractivity contribution in [2.75, 3.05) is 19.7 Å². The molecule has 2 rings (SSSR count).